The van der Waals surface area contributed by atoms with E-state index in [-0.39, 0.29) is 12.1 Å². The van der Waals surface area contributed by atoms with Crippen molar-refractivity contribution in [2.24, 2.45) is 0 Å². The molecule has 0 bridgehead atoms. The van der Waals surface area contributed by atoms with Gasteiger partial charge < -0.3 is 14.8 Å². The average molecular weight is 439 g/mol. The normalized spacial score (nSPS) is 18.1. The summed E-state index contributed by atoms with van der Waals surface area (Å²) in [5.41, 5.74) is 6.91. The first-order valence-electron chi connectivity index (χ1n) is 11.0. The quantitative estimate of drug-likeness (QED) is 0.392. The minimum atomic E-state index is -0.0620. The van der Waals surface area contributed by atoms with Crippen molar-refractivity contribution in [2.75, 3.05) is 4.90 Å². The van der Waals surface area contributed by atoms with Crippen LogP contribution in [0, 0.1) is 6.92 Å². The van der Waals surface area contributed by atoms with Gasteiger partial charge in [0, 0.05) is 29.5 Å². The summed E-state index contributed by atoms with van der Waals surface area (Å²) in [5, 5.41) is 4.27. The van der Waals surface area contributed by atoms with Crippen LogP contribution in [0.25, 0.3) is 5.69 Å². The fourth-order valence-corrected chi connectivity index (χ4v) is 4.82. The molecule has 1 N–H and O–H groups in total. The van der Waals surface area contributed by atoms with Crippen molar-refractivity contribution in [3.8, 4) is 5.69 Å². The summed E-state index contributed by atoms with van der Waals surface area (Å²) in [6.07, 6.45) is 4.98. The number of aryl methyl sites for hydroxylation is 2. The third-order valence-electron chi connectivity index (χ3n) is 6.08. The Kier molecular flexibility index (Phi) is 5.50. The van der Waals surface area contributed by atoms with E-state index in [9.17, 15) is 0 Å². The lowest BCUT2D eigenvalue weighted by atomic mass is 10.0. The van der Waals surface area contributed by atoms with Crippen molar-refractivity contribution in [3.63, 3.8) is 0 Å². The first-order chi connectivity index (χ1) is 15.7. The van der Waals surface area contributed by atoms with Gasteiger partial charge >= 0.3 is 0 Å². The van der Waals surface area contributed by atoms with E-state index in [1.54, 1.807) is 0 Å². The predicted molar refractivity (Wildman–Crippen MR) is 134 cm³/mol. The minimum Gasteiger partial charge on any atom is -0.351 e. The molecule has 5 heteroatoms. The maximum absolute atomic E-state index is 5.87. The Morgan fingerprint density at radius 2 is 1.78 bits per heavy atom. The Balaban J connectivity index is 1.65. The molecule has 1 saturated heterocycles. The van der Waals surface area contributed by atoms with E-state index in [4.69, 9.17) is 12.2 Å². The van der Waals surface area contributed by atoms with Gasteiger partial charge in [0.05, 0.1) is 11.7 Å². The van der Waals surface area contributed by atoms with E-state index in [1.807, 2.05) is 18.3 Å². The lowest BCUT2D eigenvalue weighted by molar-refractivity contribution is 0.549. The Hall–Kier alpha value is -3.44. The van der Waals surface area contributed by atoms with Gasteiger partial charge in [0.25, 0.3) is 0 Å². The molecule has 2 atom stereocenters. The van der Waals surface area contributed by atoms with Crippen molar-refractivity contribution >= 4 is 23.0 Å². The predicted octanol–water partition coefficient (Wildman–Crippen LogP) is 5.92. The standard InChI is InChI=1S/C27H26N4S/c1-3-20-12-14-21(15-13-20)31-26(25(29-27(31)32)23-10-4-5-16-28-23)24-11-7-17-30(24)22-9-6-8-19(2)18-22/h4-18,25-26H,3H2,1-2H3,(H,29,32)/t25-,26-/m1/s1. The summed E-state index contributed by atoms with van der Waals surface area (Å²) in [7, 11) is 0. The van der Waals surface area contributed by atoms with Crippen LogP contribution in [0.5, 0.6) is 0 Å². The summed E-state index contributed by atoms with van der Waals surface area (Å²) < 4.78 is 2.26. The summed E-state index contributed by atoms with van der Waals surface area (Å²) in [5.74, 6) is 0. The van der Waals surface area contributed by atoms with Crippen molar-refractivity contribution in [1.82, 2.24) is 14.9 Å². The number of nitrogens with one attached hydrogen (secondary N) is 1. The van der Waals surface area contributed by atoms with Crippen LogP contribution < -0.4 is 10.2 Å². The third kappa shape index (κ3) is 3.69. The van der Waals surface area contributed by atoms with E-state index in [1.165, 1.54) is 11.1 Å². The van der Waals surface area contributed by atoms with Crippen LogP contribution in [0.1, 0.15) is 41.5 Å². The molecule has 1 aliphatic heterocycles. The van der Waals surface area contributed by atoms with Crippen LogP contribution in [-0.4, -0.2) is 14.7 Å². The number of hydrogen-bond donors (Lipinski definition) is 1. The highest BCUT2D eigenvalue weighted by Crippen LogP contribution is 2.42. The highest BCUT2D eigenvalue weighted by Gasteiger charge is 2.42. The SMILES string of the molecule is CCc1ccc(N2C(=S)N[C@H](c3ccccn3)[C@H]2c2cccn2-c2cccc(C)c2)cc1. The van der Waals surface area contributed by atoms with Crippen molar-refractivity contribution in [3.05, 3.63) is 114 Å². The largest absolute Gasteiger partial charge is 0.351 e. The molecule has 4 nitrogen and oxygen atoms in total. The number of hydrogen-bond acceptors (Lipinski definition) is 2. The molecular weight excluding hydrogens is 412 g/mol. The molecule has 0 radical (unpaired) electrons. The molecule has 32 heavy (non-hydrogen) atoms. The molecule has 0 aliphatic carbocycles. The Bertz CT molecular complexity index is 1230. The number of benzene rings is 2. The van der Waals surface area contributed by atoms with Crippen LogP contribution >= 0.6 is 12.2 Å². The van der Waals surface area contributed by atoms with E-state index in [0.29, 0.717) is 5.11 Å². The molecule has 1 fully saturated rings. The van der Waals surface area contributed by atoms with Gasteiger partial charge in [0.1, 0.15) is 6.04 Å². The van der Waals surface area contributed by atoms with Crippen LogP contribution in [0.2, 0.25) is 0 Å². The molecule has 2 aromatic carbocycles. The smallest absolute Gasteiger partial charge is 0.174 e. The number of nitrogens with zero attached hydrogens (tertiary/aromatic N) is 3. The number of aromatic nitrogens is 2. The highest BCUT2D eigenvalue weighted by molar-refractivity contribution is 7.80. The molecular formula is C27H26N4S. The number of rotatable bonds is 5. The van der Waals surface area contributed by atoms with Crippen LogP contribution in [-0.2, 0) is 6.42 Å². The van der Waals surface area contributed by atoms with Gasteiger partial charge in [0.15, 0.2) is 5.11 Å². The van der Waals surface area contributed by atoms with E-state index in [0.717, 1.165) is 29.2 Å². The number of pyridine rings is 1. The summed E-state index contributed by atoms with van der Waals surface area (Å²) in [6, 6.07) is 27.5. The second-order valence-electron chi connectivity index (χ2n) is 8.16. The van der Waals surface area contributed by atoms with Gasteiger partial charge in [-0.15, -0.1) is 0 Å². The molecule has 2 aromatic heterocycles. The lowest BCUT2D eigenvalue weighted by Gasteiger charge is -2.29. The van der Waals surface area contributed by atoms with E-state index in [2.05, 4.69) is 107 Å². The lowest BCUT2D eigenvalue weighted by Crippen LogP contribution is -2.30. The first-order valence-corrected chi connectivity index (χ1v) is 11.4. The highest BCUT2D eigenvalue weighted by atomic mass is 32.1. The molecule has 0 spiro atoms. The Labute approximate surface area is 194 Å². The fourth-order valence-electron chi connectivity index (χ4n) is 4.47. The Morgan fingerprint density at radius 1 is 0.938 bits per heavy atom. The maximum Gasteiger partial charge on any atom is 0.174 e. The van der Waals surface area contributed by atoms with Crippen molar-refractivity contribution in [1.29, 1.82) is 0 Å². The summed E-state index contributed by atoms with van der Waals surface area (Å²) in [4.78, 5) is 6.90. The Morgan fingerprint density at radius 3 is 2.50 bits per heavy atom. The van der Waals surface area contributed by atoms with Crippen LogP contribution in [0.15, 0.2) is 91.3 Å². The molecule has 0 saturated carbocycles. The van der Waals surface area contributed by atoms with E-state index >= 15 is 0 Å². The number of thiocarbonyl (C=S) groups is 1. The fraction of sp³-hybridized carbons (Fsp3) is 0.185. The molecule has 5 rings (SSSR count). The summed E-state index contributed by atoms with van der Waals surface area (Å²) >= 11 is 5.87. The zero-order valence-electron chi connectivity index (χ0n) is 18.3. The number of anilines is 1. The van der Waals surface area contributed by atoms with Gasteiger partial charge in [-0.25, -0.2) is 0 Å². The monoisotopic (exact) mass is 438 g/mol. The minimum absolute atomic E-state index is 0.0413. The second kappa shape index (κ2) is 8.60. The van der Waals surface area contributed by atoms with Gasteiger partial charge in [-0.1, -0.05) is 37.3 Å². The van der Waals surface area contributed by atoms with Gasteiger partial charge in [0.2, 0.25) is 0 Å². The molecule has 0 amide bonds. The maximum atomic E-state index is 5.87. The zero-order valence-corrected chi connectivity index (χ0v) is 19.1. The van der Waals surface area contributed by atoms with Gasteiger partial charge in [-0.3, -0.25) is 4.98 Å². The molecule has 0 unspecified atom stereocenters. The van der Waals surface area contributed by atoms with Gasteiger partial charge in [-0.05, 0) is 85.2 Å². The van der Waals surface area contributed by atoms with Crippen molar-refractivity contribution < 1.29 is 0 Å². The molecule has 160 valence electrons. The molecule has 4 aromatic rings. The molecule has 3 heterocycles. The first kappa shape index (κ1) is 20.5. The average Bonchev–Trinajstić information content (AvgIpc) is 3.44. The molecule has 1 aliphatic rings. The van der Waals surface area contributed by atoms with Gasteiger partial charge in [-0.2, -0.15) is 0 Å². The third-order valence-corrected chi connectivity index (χ3v) is 6.40. The van der Waals surface area contributed by atoms with Crippen molar-refractivity contribution in [2.45, 2.75) is 32.4 Å². The topological polar surface area (TPSA) is 33.1 Å². The van der Waals surface area contributed by atoms with Crippen LogP contribution in [0.3, 0.4) is 0 Å². The van der Waals surface area contributed by atoms with Crippen LogP contribution in [0.4, 0.5) is 5.69 Å². The summed E-state index contributed by atoms with van der Waals surface area (Å²) in [6.45, 7) is 4.29. The zero-order chi connectivity index (χ0) is 22.1. The van der Waals surface area contributed by atoms with E-state index < -0.39 is 0 Å². The second-order valence-corrected chi connectivity index (χ2v) is 8.55.